The van der Waals surface area contributed by atoms with E-state index in [0.717, 1.165) is 0 Å². The third-order valence-electron chi connectivity index (χ3n) is 2.42. The third-order valence-corrected chi connectivity index (χ3v) is 2.93. The van der Waals surface area contributed by atoms with E-state index >= 15 is 0 Å². The van der Waals surface area contributed by atoms with Gasteiger partial charge in [-0.15, -0.1) is 0 Å². The third kappa shape index (κ3) is 11.0. The van der Waals surface area contributed by atoms with Crippen LogP contribution >= 0.6 is 7.82 Å². The van der Waals surface area contributed by atoms with Gasteiger partial charge in [0.05, 0.1) is 33.0 Å². The Bertz CT molecular complexity index is 398. The molecule has 0 aromatic rings. The Balaban J connectivity index is -0.00000133. The Morgan fingerprint density at radius 1 is 1.35 bits per heavy atom. The summed E-state index contributed by atoms with van der Waals surface area (Å²) in [7, 11) is -5.49. The maximum Gasteiger partial charge on any atom is 1.00 e. The minimum atomic E-state index is -5.49. The summed E-state index contributed by atoms with van der Waals surface area (Å²) in [6.45, 7) is -1.08. The minimum absolute atomic E-state index is 0. The number of carboxylic acids is 1. The van der Waals surface area contributed by atoms with Crippen LogP contribution in [0.25, 0.3) is 0 Å². The van der Waals surface area contributed by atoms with Crippen molar-refractivity contribution in [1.82, 2.24) is 0 Å². The van der Waals surface area contributed by atoms with Crippen LogP contribution in [0.15, 0.2) is 0 Å². The Morgan fingerprint density at radius 3 is 2.30 bits per heavy atom. The number of carbonyl (C=O) groups excluding carboxylic acids is 1. The predicted molar refractivity (Wildman–Crippen MR) is 53.2 cm³/mol. The fraction of sp³-hybridized carbons (Fsp3) is 0.875. The van der Waals surface area contributed by atoms with Gasteiger partial charge in [-0.2, -0.15) is 0 Å². The first-order valence-corrected chi connectivity index (χ1v) is 6.84. The largest absolute Gasteiger partial charge is 1.00 e. The van der Waals surface area contributed by atoms with Gasteiger partial charge >= 0.3 is 88.7 Å². The van der Waals surface area contributed by atoms with Crippen molar-refractivity contribution in [2.45, 2.75) is 30.6 Å². The molecule has 23 heavy (non-hydrogen) atoms. The van der Waals surface area contributed by atoms with Gasteiger partial charge in [0.25, 0.3) is 0 Å². The molecule has 118 valence electrons. The zero-order chi connectivity index (χ0) is 15.5. The van der Waals surface area contributed by atoms with Crippen molar-refractivity contribution in [3.05, 3.63) is 0 Å². The molecule has 0 aromatic heterocycles. The number of hydrogen-bond donors (Lipinski definition) is 3. The minimum Gasteiger partial charge on any atom is -0.790 e. The van der Waals surface area contributed by atoms with E-state index in [2.05, 4.69) is 4.52 Å². The number of rotatable bonds is 6. The van der Waals surface area contributed by atoms with Gasteiger partial charge in [-0.25, -0.2) is 0 Å². The Labute approximate surface area is 198 Å². The summed E-state index contributed by atoms with van der Waals surface area (Å²) >= 11 is 0. The number of carboxylic acid groups (broad SMARTS) is 1. The molecule has 1 aliphatic heterocycles. The number of aliphatic hydroxyl groups is 2. The maximum absolute atomic E-state index is 10.6. The predicted octanol–water partition coefficient (Wildman–Crippen LogP) is -14.6. The van der Waals surface area contributed by atoms with E-state index in [-0.39, 0.29) is 88.7 Å². The van der Waals surface area contributed by atoms with E-state index < -0.39 is 57.6 Å². The normalized spacial score (nSPS) is 28.6. The van der Waals surface area contributed by atoms with E-state index in [1.54, 1.807) is 0 Å². The summed E-state index contributed by atoms with van der Waals surface area (Å²) in [5.41, 5.74) is 5.09. The second kappa shape index (κ2) is 13.5. The van der Waals surface area contributed by atoms with Crippen LogP contribution in [0.3, 0.4) is 0 Å². The number of hydrogen-bond acceptors (Lipinski definition) is 11. The Kier molecular flexibility index (Phi) is 17.7. The van der Waals surface area contributed by atoms with Crippen molar-refractivity contribution in [1.29, 1.82) is 0 Å². The molecular weight excluding hydrogens is 370 g/mol. The molecule has 0 amide bonds. The van der Waals surface area contributed by atoms with E-state index in [4.69, 9.17) is 15.2 Å². The molecule has 0 aromatic carbocycles. The molecule has 0 unspecified atom stereocenters. The molecule has 0 spiro atoms. The molecule has 1 fully saturated rings. The summed E-state index contributed by atoms with van der Waals surface area (Å²) in [5, 5.41) is 29.2. The average Bonchev–Trinajstić information content (AvgIpc) is 2.32. The fourth-order valence-corrected chi connectivity index (χ4v) is 1.96. The number of carbonyl (C=O) groups is 1. The van der Waals surface area contributed by atoms with Crippen molar-refractivity contribution in [3.63, 3.8) is 0 Å². The second-order valence-corrected chi connectivity index (χ2v) is 5.14. The molecule has 1 aliphatic rings. The number of nitrogens with two attached hydrogens (primary N) is 1. The summed E-state index contributed by atoms with van der Waals surface area (Å²) in [4.78, 5) is 31.5. The molecule has 1 heterocycles. The quantitative estimate of drug-likeness (QED) is 0.291. The first kappa shape index (κ1) is 30.1. The Morgan fingerprint density at radius 2 is 1.87 bits per heavy atom. The second-order valence-electron chi connectivity index (χ2n) is 4.04. The average molecular weight is 383 g/mol. The SMILES string of the molecule is N[C@@H](CO[C@@H]1OC[C@@H](O)[C@H](O)[C@H]1OP(=O)([O-])[O-])C(=O)[O-].[Na+].[Na+].[Na+]. The molecule has 0 bridgehead atoms. The summed E-state index contributed by atoms with van der Waals surface area (Å²) in [6, 6.07) is -1.53. The smallest absolute Gasteiger partial charge is 0.790 e. The molecule has 5 atom stereocenters. The van der Waals surface area contributed by atoms with Crippen molar-refractivity contribution >= 4 is 13.8 Å². The van der Waals surface area contributed by atoms with Crippen LogP contribution in [0.1, 0.15) is 0 Å². The van der Waals surface area contributed by atoms with Gasteiger partial charge in [0.15, 0.2) is 6.29 Å². The van der Waals surface area contributed by atoms with Gasteiger partial charge in [-0.05, 0) is 0 Å². The number of ether oxygens (including phenoxy) is 2. The van der Waals surface area contributed by atoms with Gasteiger partial charge in [-0.3, -0.25) is 0 Å². The van der Waals surface area contributed by atoms with Crippen molar-refractivity contribution < 1.29 is 137 Å². The van der Waals surface area contributed by atoms with E-state index in [1.165, 1.54) is 0 Å². The van der Waals surface area contributed by atoms with E-state index in [9.17, 15) is 34.5 Å². The molecule has 0 aliphatic carbocycles. The first-order chi connectivity index (χ1) is 9.11. The van der Waals surface area contributed by atoms with Gasteiger partial charge < -0.3 is 54.2 Å². The maximum atomic E-state index is 10.6. The first-order valence-electron chi connectivity index (χ1n) is 5.38. The number of phosphoric ester groups is 1. The van der Waals surface area contributed by atoms with Crippen LogP contribution < -0.4 is 109 Å². The topological polar surface area (TPSA) is 197 Å². The molecule has 4 N–H and O–H groups in total. The summed E-state index contributed by atoms with van der Waals surface area (Å²) in [5.74, 6) is -1.63. The molecule has 1 rings (SSSR count). The molecule has 1 saturated heterocycles. The van der Waals surface area contributed by atoms with Crippen LogP contribution in [0.2, 0.25) is 0 Å². The summed E-state index contributed by atoms with van der Waals surface area (Å²) in [6.07, 6.45) is -6.70. The van der Waals surface area contributed by atoms with Gasteiger partial charge in [0, 0.05) is 0 Å². The van der Waals surface area contributed by atoms with Crippen LogP contribution in [0.4, 0.5) is 0 Å². The summed E-state index contributed by atoms with van der Waals surface area (Å²) < 4.78 is 24.3. The van der Waals surface area contributed by atoms with Crippen LogP contribution in [-0.4, -0.2) is 60.0 Å². The van der Waals surface area contributed by atoms with E-state index in [0.29, 0.717) is 0 Å². The molecule has 15 heteroatoms. The number of phosphoric acid groups is 1. The van der Waals surface area contributed by atoms with Crippen LogP contribution in [0, 0.1) is 0 Å². The standard InChI is InChI=1S/C8H16NO10P.3Na/c9-3(7(12)13)1-17-8-6(19-20(14,15)16)5(11)4(10)2-18-8;;;/h3-6,8,10-11H,1-2,9H2,(H,12,13)(H2,14,15,16);;;/q;3*+1/p-3/t3-,4+,5-,6+,8+;;;/m0.../s1. The van der Waals surface area contributed by atoms with Crippen molar-refractivity contribution in [2.75, 3.05) is 13.2 Å². The van der Waals surface area contributed by atoms with Crippen molar-refractivity contribution in [3.8, 4) is 0 Å². The molecular formula is C8H13NNa3O10P. The van der Waals surface area contributed by atoms with Gasteiger partial charge in [0.2, 0.25) is 0 Å². The van der Waals surface area contributed by atoms with Crippen molar-refractivity contribution in [2.24, 2.45) is 5.73 Å². The monoisotopic (exact) mass is 383 g/mol. The molecule has 0 saturated carbocycles. The van der Waals surface area contributed by atoms with Gasteiger partial charge in [-0.1, -0.05) is 0 Å². The van der Waals surface area contributed by atoms with Gasteiger partial charge in [0.1, 0.15) is 18.3 Å². The number of aliphatic hydroxyl groups excluding tert-OH is 2. The molecule has 0 radical (unpaired) electrons. The van der Waals surface area contributed by atoms with Crippen LogP contribution in [0.5, 0.6) is 0 Å². The zero-order valence-electron chi connectivity index (χ0n) is 13.0. The van der Waals surface area contributed by atoms with E-state index in [1.807, 2.05) is 0 Å². The number of aliphatic carboxylic acids is 1. The fourth-order valence-electron chi connectivity index (χ4n) is 1.44. The zero-order valence-corrected chi connectivity index (χ0v) is 19.9. The molecule has 11 nitrogen and oxygen atoms in total. The van der Waals surface area contributed by atoms with Crippen LogP contribution in [-0.2, 0) is 23.4 Å². The Hall–Kier alpha value is 2.38.